The van der Waals surface area contributed by atoms with Gasteiger partial charge in [-0.3, -0.25) is 14.3 Å². The monoisotopic (exact) mass is 405 g/mol. The first-order valence-corrected chi connectivity index (χ1v) is 9.32. The second-order valence-electron chi connectivity index (χ2n) is 7.04. The Morgan fingerprint density at radius 2 is 2.14 bits per heavy atom. The second-order valence-corrected chi connectivity index (χ2v) is 7.04. The highest BCUT2D eigenvalue weighted by molar-refractivity contribution is 5.93. The van der Waals surface area contributed by atoms with E-state index in [2.05, 4.69) is 15.7 Å². The lowest BCUT2D eigenvalue weighted by molar-refractivity contribution is -0.129. The van der Waals surface area contributed by atoms with E-state index < -0.39 is 0 Å². The number of halogens is 1. The van der Waals surface area contributed by atoms with Crippen molar-refractivity contribution in [1.29, 1.82) is 0 Å². The molecule has 0 spiro atoms. The lowest BCUT2D eigenvalue weighted by Gasteiger charge is -2.20. The van der Waals surface area contributed by atoms with E-state index in [1.165, 1.54) is 0 Å². The van der Waals surface area contributed by atoms with Crippen molar-refractivity contribution in [2.75, 3.05) is 25.0 Å². The molecule has 7 nitrogen and oxygen atoms in total. The van der Waals surface area contributed by atoms with Gasteiger partial charge in [-0.05, 0) is 30.2 Å². The molecule has 1 aromatic heterocycles. The van der Waals surface area contributed by atoms with Crippen LogP contribution in [0, 0.1) is 5.92 Å². The summed E-state index contributed by atoms with van der Waals surface area (Å²) in [7, 11) is 1.88. The van der Waals surface area contributed by atoms with Crippen LogP contribution in [-0.4, -0.2) is 46.1 Å². The van der Waals surface area contributed by atoms with Crippen LogP contribution in [0.4, 0.5) is 5.69 Å². The fourth-order valence-corrected chi connectivity index (χ4v) is 3.58. The van der Waals surface area contributed by atoms with E-state index in [1.54, 1.807) is 16.5 Å². The lowest BCUT2D eigenvalue weighted by atomic mass is 9.90. The molecule has 1 fully saturated rings. The molecule has 0 radical (unpaired) electrons. The smallest absolute Gasteiger partial charge is 0.229 e. The topological polar surface area (TPSA) is 79.3 Å². The Morgan fingerprint density at radius 3 is 2.79 bits per heavy atom. The number of hydrogen-bond donors (Lipinski definition) is 2. The fourth-order valence-electron chi connectivity index (χ4n) is 3.58. The first-order chi connectivity index (χ1) is 13.0. The summed E-state index contributed by atoms with van der Waals surface area (Å²) >= 11 is 0. The number of aromatic nitrogens is 2. The van der Waals surface area contributed by atoms with E-state index in [4.69, 9.17) is 0 Å². The van der Waals surface area contributed by atoms with Crippen molar-refractivity contribution in [2.45, 2.75) is 26.3 Å². The maximum atomic E-state index is 12.9. The molecule has 0 bridgehead atoms. The van der Waals surface area contributed by atoms with Crippen LogP contribution >= 0.6 is 12.4 Å². The molecule has 0 unspecified atom stereocenters. The minimum Gasteiger partial charge on any atom is -0.339 e. The highest BCUT2D eigenvalue weighted by Gasteiger charge is 2.34. The number of nitrogens with zero attached hydrogens (tertiary/aromatic N) is 3. The average molecular weight is 406 g/mol. The quantitative estimate of drug-likeness (QED) is 0.771. The molecule has 0 saturated carbocycles. The molecule has 2 atom stereocenters. The number of anilines is 1. The van der Waals surface area contributed by atoms with Gasteiger partial charge in [-0.1, -0.05) is 12.1 Å². The first-order valence-electron chi connectivity index (χ1n) is 9.32. The number of carbonyl (C=O) groups is 2. The molecule has 0 aliphatic carbocycles. The molecule has 2 aromatic rings. The molecule has 152 valence electrons. The van der Waals surface area contributed by atoms with Crippen LogP contribution in [0.3, 0.4) is 0 Å². The Kier molecular flexibility index (Phi) is 7.60. The Hall–Kier alpha value is -2.38. The SMILES string of the molecule is CCN(Cc1cccc(NC(=O)[C@H]2CNC[C@@H]2c2cnn(C)c2)c1)C(C)=O.Cl. The van der Waals surface area contributed by atoms with Gasteiger partial charge in [0.05, 0.1) is 12.1 Å². The second kappa shape index (κ2) is 9.71. The standard InChI is InChI=1S/C20H27N5O2.ClH/c1-4-25(14(2)26)12-15-6-5-7-17(8-15)23-20(27)19-11-21-10-18(19)16-9-22-24(3)13-16;/h5-9,13,18-19,21H,4,10-12H2,1-3H3,(H,23,27);1H/t18-,19+;/m1./s1. The molecule has 2 N–H and O–H groups in total. The zero-order valence-electron chi connectivity index (χ0n) is 16.5. The third-order valence-corrected chi connectivity index (χ3v) is 5.10. The largest absolute Gasteiger partial charge is 0.339 e. The van der Waals surface area contributed by atoms with Crippen LogP contribution in [-0.2, 0) is 23.2 Å². The van der Waals surface area contributed by atoms with Crippen LogP contribution in [0.1, 0.15) is 30.9 Å². The van der Waals surface area contributed by atoms with Crippen molar-refractivity contribution >= 4 is 29.9 Å². The molecule has 28 heavy (non-hydrogen) atoms. The molecule has 2 heterocycles. The van der Waals surface area contributed by atoms with Crippen molar-refractivity contribution in [3.05, 3.63) is 47.8 Å². The number of benzene rings is 1. The summed E-state index contributed by atoms with van der Waals surface area (Å²) in [5.41, 5.74) is 2.84. The summed E-state index contributed by atoms with van der Waals surface area (Å²) in [6, 6.07) is 7.69. The number of rotatable bonds is 6. The number of hydrogen-bond acceptors (Lipinski definition) is 4. The zero-order valence-corrected chi connectivity index (χ0v) is 17.3. The molecular weight excluding hydrogens is 378 g/mol. The summed E-state index contributed by atoms with van der Waals surface area (Å²) < 4.78 is 1.76. The minimum atomic E-state index is -0.137. The predicted octanol–water partition coefficient (Wildman–Crippen LogP) is 2.15. The van der Waals surface area contributed by atoms with Gasteiger partial charge in [0.1, 0.15) is 0 Å². The predicted molar refractivity (Wildman–Crippen MR) is 111 cm³/mol. The van der Waals surface area contributed by atoms with Crippen LogP contribution < -0.4 is 10.6 Å². The zero-order chi connectivity index (χ0) is 19.4. The number of carbonyl (C=O) groups excluding carboxylic acids is 2. The summed E-state index contributed by atoms with van der Waals surface area (Å²) in [5, 5.41) is 10.6. The Bertz CT molecular complexity index is 822. The summed E-state index contributed by atoms with van der Waals surface area (Å²) in [6.45, 7) is 6.15. The van der Waals surface area contributed by atoms with Crippen molar-refractivity contribution in [3.8, 4) is 0 Å². The van der Waals surface area contributed by atoms with Gasteiger partial charge in [0, 0.05) is 58.0 Å². The highest BCUT2D eigenvalue weighted by Crippen LogP contribution is 2.29. The average Bonchev–Trinajstić information content (AvgIpc) is 3.28. The Morgan fingerprint density at radius 1 is 1.36 bits per heavy atom. The number of nitrogens with one attached hydrogen (secondary N) is 2. The van der Waals surface area contributed by atoms with Crippen molar-refractivity contribution in [2.24, 2.45) is 13.0 Å². The molecule has 1 aliphatic heterocycles. The van der Waals surface area contributed by atoms with E-state index in [9.17, 15) is 9.59 Å². The van der Waals surface area contributed by atoms with Gasteiger partial charge in [-0.15, -0.1) is 12.4 Å². The van der Waals surface area contributed by atoms with Gasteiger partial charge >= 0.3 is 0 Å². The van der Waals surface area contributed by atoms with Crippen LogP contribution in [0.25, 0.3) is 0 Å². The number of amides is 2. The molecule has 1 saturated heterocycles. The van der Waals surface area contributed by atoms with E-state index in [0.717, 1.165) is 23.4 Å². The van der Waals surface area contributed by atoms with E-state index >= 15 is 0 Å². The molecule has 1 aromatic carbocycles. The van der Waals surface area contributed by atoms with Gasteiger partial charge in [0.15, 0.2) is 0 Å². The minimum absolute atomic E-state index is 0. The van der Waals surface area contributed by atoms with Gasteiger partial charge in [0.25, 0.3) is 0 Å². The van der Waals surface area contributed by atoms with Gasteiger partial charge < -0.3 is 15.5 Å². The number of aryl methyl sites for hydroxylation is 1. The van der Waals surface area contributed by atoms with Crippen molar-refractivity contribution in [1.82, 2.24) is 20.0 Å². The van der Waals surface area contributed by atoms with Gasteiger partial charge in [-0.2, -0.15) is 5.10 Å². The maximum absolute atomic E-state index is 12.9. The molecule has 8 heteroatoms. The normalized spacial score (nSPS) is 18.4. The first kappa shape index (κ1) is 21.9. The summed E-state index contributed by atoms with van der Waals surface area (Å²) in [4.78, 5) is 26.3. The van der Waals surface area contributed by atoms with E-state index in [0.29, 0.717) is 19.6 Å². The summed E-state index contributed by atoms with van der Waals surface area (Å²) in [6.07, 6.45) is 3.80. The van der Waals surface area contributed by atoms with Gasteiger partial charge in [0.2, 0.25) is 11.8 Å². The fraction of sp³-hybridized carbons (Fsp3) is 0.450. The summed E-state index contributed by atoms with van der Waals surface area (Å²) in [5.74, 6) is 0.0330. The molecular formula is C20H28ClN5O2. The Labute approximate surface area is 171 Å². The highest BCUT2D eigenvalue weighted by atomic mass is 35.5. The molecule has 3 rings (SSSR count). The van der Waals surface area contributed by atoms with Crippen LogP contribution in [0.2, 0.25) is 0 Å². The maximum Gasteiger partial charge on any atom is 0.229 e. The van der Waals surface area contributed by atoms with E-state index in [1.807, 2.05) is 50.6 Å². The molecule has 2 amide bonds. The Balaban J connectivity index is 0.00000280. The van der Waals surface area contributed by atoms with Crippen molar-refractivity contribution in [3.63, 3.8) is 0 Å². The third-order valence-electron chi connectivity index (χ3n) is 5.10. The third kappa shape index (κ3) is 5.11. The molecule has 1 aliphatic rings. The van der Waals surface area contributed by atoms with Crippen molar-refractivity contribution < 1.29 is 9.59 Å². The van der Waals surface area contributed by atoms with Crippen LogP contribution in [0.15, 0.2) is 36.7 Å². The lowest BCUT2D eigenvalue weighted by Crippen LogP contribution is -2.29. The van der Waals surface area contributed by atoms with Crippen LogP contribution in [0.5, 0.6) is 0 Å². The van der Waals surface area contributed by atoms with Gasteiger partial charge in [-0.25, -0.2) is 0 Å². The van der Waals surface area contributed by atoms with E-state index in [-0.39, 0.29) is 36.1 Å².